The fourth-order valence-electron chi connectivity index (χ4n) is 2.74. The lowest BCUT2D eigenvalue weighted by molar-refractivity contribution is 0.0461. The van der Waals surface area contributed by atoms with Crippen LogP contribution in [0.5, 0.6) is 0 Å². The monoisotopic (exact) mass is 317 g/mol. The maximum atomic E-state index is 9.81. The minimum atomic E-state index is -0.812. The first-order valence-corrected chi connectivity index (χ1v) is 9.34. The van der Waals surface area contributed by atoms with Crippen LogP contribution in [-0.2, 0) is 0 Å². The molecule has 22 heavy (non-hydrogen) atoms. The van der Waals surface area contributed by atoms with Gasteiger partial charge >= 0.3 is 0 Å². The maximum Gasteiger partial charge on any atom is 0.0738 e. The van der Waals surface area contributed by atoms with Gasteiger partial charge in [0, 0.05) is 6.42 Å². The zero-order chi connectivity index (χ0) is 16.6. The summed E-state index contributed by atoms with van der Waals surface area (Å²) in [6.45, 7) is 2.00. The van der Waals surface area contributed by atoms with Crippen LogP contribution >= 0.6 is 0 Å². The lowest BCUT2D eigenvalue weighted by Crippen LogP contribution is -2.39. The van der Waals surface area contributed by atoms with Crippen LogP contribution in [0.2, 0.25) is 0 Å². The van der Waals surface area contributed by atoms with Crippen molar-refractivity contribution in [2.45, 2.75) is 109 Å². The summed E-state index contributed by atoms with van der Waals surface area (Å²) in [5, 5.41) is 28.3. The molecule has 0 aliphatic carbocycles. The molecule has 0 fully saturated rings. The second-order valence-corrected chi connectivity index (χ2v) is 6.63. The molecular weight excluding hydrogens is 278 g/mol. The highest BCUT2D eigenvalue weighted by Gasteiger charge is 2.17. The Hall–Kier alpha value is -0.160. The zero-order valence-electron chi connectivity index (χ0n) is 14.6. The Bertz CT molecular complexity index is 226. The molecule has 4 heteroatoms. The predicted molar refractivity (Wildman–Crippen MR) is 92.8 cm³/mol. The third kappa shape index (κ3) is 13.5. The molecule has 0 rings (SSSR count). The van der Waals surface area contributed by atoms with Crippen LogP contribution in [0.3, 0.4) is 0 Å². The van der Waals surface area contributed by atoms with Gasteiger partial charge in [-0.2, -0.15) is 0 Å². The van der Waals surface area contributed by atoms with E-state index in [9.17, 15) is 10.2 Å². The van der Waals surface area contributed by atoms with E-state index in [4.69, 9.17) is 10.8 Å². The van der Waals surface area contributed by atoms with Crippen molar-refractivity contribution in [3.63, 3.8) is 0 Å². The van der Waals surface area contributed by atoms with Crippen LogP contribution in [-0.4, -0.2) is 40.2 Å². The first-order valence-electron chi connectivity index (χ1n) is 9.34. The number of aliphatic hydroxyl groups excluding tert-OH is 3. The fraction of sp³-hybridized carbons (Fsp3) is 1.00. The topological polar surface area (TPSA) is 86.7 Å². The molecule has 0 bridgehead atoms. The second-order valence-electron chi connectivity index (χ2n) is 6.63. The van der Waals surface area contributed by atoms with Gasteiger partial charge < -0.3 is 21.1 Å². The summed E-state index contributed by atoms with van der Waals surface area (Å²) in [4.78, 5) is 0. The Kier molecular flexibility index (Phi) is 15.6. The van der Waals surface area contributed by atoms with Crippen LogP contribution < -0.4 is 5.73 Å². The van der Waals surface area contributed by atoms with Gasteiger partial charge in [0.15, 0.2) is 0 Å². The number of unbranched alkanes of at least 4 members (excludes halogenated alkanes) is 10. The van der Waals surface area contributed by atoms with E-state index in [1.807, 2.05) is 0 Å². The Balaban J connectivity index is 3.28. The Morgan fingerprint density at radius 1 is 0.773 bits per heavy atom. The number of hydrogen-bond donors (Lipinski definition) is 4. The largest absolute Gasteiger partial charge is 0.395 e. The Labute approximate surface area is 137 Å². The number of nitrogens with two attached hydrogens (primary N) is 1. The van der Waals surface area contributed by atoms with Gasteiger partial charge in [-0.1, -0.05) is 77.6 Å². The van der Waals surface area contributed by atoms with Crippen LogP contribution in [0.4, 0.5) is 0 Å². The normalized spacial score (nSPS) is 15.7. The number of rotatable bonds is 16. The SMILES string of the molecule is CCCCCCCCCCCCCC(O)CC(O)C(N)CO. The van der Waals surface area contributed by atoms with Crippen molar-refractivity contribution in [2.75, 3.05) is 6.61 Å². The fourth-order valence-corrected chi connectivity index (χ4v) is 2.74. The molecule has 0 amide bonds. The highest BCUT2D eigenvalue weighted by atomic mass is 16.3. The Morgan fingerprint density at radius 3 is 1.68 bits per heavy atom. The lowest BCUT2D eigenvalue weighted by Gasteiger charge is -2.19. The minimum absolute atomic E-state index is 0.244. The molecule has 0 aliphatic rings. The van der Waals surface area contributed by atoms with Crippen molar-refractivity contribution >= 4 is 0 Å². The molecule has 0 radical (unpaired) electrons. The van der Waals surface area contributed by atoms with Crippen LogP contribution in [0, 0.1) is 0 Å². The van der Waals surface area contributed by atoms with Crippen molar-refractivity contribution in [3.8, 4) is 0 Å². The highest BCUT2D eigenvalue weighted by molar-refractivity contribution is 4.74. The number of aliphatic hydroxyl groups is 3. The standard InChI is InChI=1S/C18H39NO3/c1-2-3-4-5-6-7-8-9-10-11-12-13-16(21)14-18(22)17(19)15-20/h16-18,20-22H,2-15,19H2,1H3. The molecule has 4 nitrogen and oxygen atoms in total. The van der Waals surface area contributed by atoms with E-state index in [-0.39, 0.29) is 13.0 Å². The third-order valence-electron chi connectivity index (χ3n) is 4.36. The van der Waals surface area contributed by atoms with Gasteiger partial charge in [-0.3, -0.25) is 0 Å². The summed E-state index contributed by atoms with van der Waals surface area (Å²) < 4.78 is 0. The summed E-state index contributed by atoms with van der Waals surface area (Å²) in [5.41, 5.74) is 5.51. The first-order chi connectivity index (χ1) is 10.6. The molecule has 5 N–H and O–H groups in total. The van der Waals surface area contributed by atoms with Gasteiger partial charge in [-0.15, -0.1) is 0 Å². The maximum absolute atomic E-state index is 9.81. The summed E-state index contributed by atoms with van der Waals surface area (Å²) >= 11 is 0. The zero-order valence-corrected chi connectivity index (χ0v) is 14.6. The third-order valence-corrected chi connectivity index (χ3v) is 4.36. The lowest BCUT2D eigenvalue weighted by atomic mass is 10.00. The molecule has 0 aromatic heterocycles. The molecule has 0 saturated heterocycles. The molecule has 0 heterocycles. The van der Waals surface area contributed by atoms with E-state index in [0.717, 1.165) is 12.8 Å². The molecule has 0 spiro atoms. The van der Waals surface area contributed by atoms with E-state index in [1.54, 1.807) is 0 Å². The van der Waals surface area contributed by atoms with E-state index in [2.05, 4.69) is 6.92 Å². The van der Waals surface area contributed by atoms with E-state index < -0.39 is 18.2 Å². The Morgan fingerprint density at radius 2 is 1.23 bits per heavy atom. The van der Waals surface area contributed by atoms with E-state index in [0.29, 0.717) is 6.42 Å². The van der Waals surface area contributed by atoms with Crippen LogP contribution in [0.15, 0.2) is 0 Å². The van der Waals surface area contributed by atoms with Crippen molar-refractivity contribution in [1.29, 1.82) is 0 Å². The van der Waals surface area contributed by atoms with Gasteiger partial charge in [0.25, 0.3) is 0 Å². The molecule has 0 aliphatic heterocycles. The van der Waals surface area contributed by atoms with Gasteiger partial charge in [0.2, 0.25) is 0 Å². The molecule has 0 saturated carbocycles. The van der Waals surface area contributed by atoms with E-state index >= 15 is 0 Å². The summed E-state index contributed by atoms with van der Waals surface area (Å²) in [7, 11) is 0. The average Bonchev–Trinajstić information content (AvgIpc) is 2.51. The second kappa shape index (κ2) is 15.7. The quantitative estimate of drug-likeness (QED) is 0.329. The summed E-state index contributed by atoms with van der Waals surface area (Å²) in [6, 6.07) is -0.646. The van der Waals surface area contributed by atoms with Crippen molar-refractivity contribution in [1.82, 2.24) is 0 Å². The summed E-state index contributed by atoms with van der Waals surface area (Å²) in [5.74, 6) is 0. The van der Waals surface area contributed by atoms with Gasteiger partial charge in [0.05, 0.1) is 24.9 Å². The molecule has 134 valence electrons. The number of hydrogen-bond acceptors (Lipinski definition) is 4. The molecule has 3 unspecified atom stereocenters. The van der Waals surface area contributed by atoms with Crippen molar-refractivity contribution < 1.29 is 15.3 Å². The molecule has 0 aromatic carbocycles. The predicted octanol–water partition coefficient (Wildman–Crippen LogP) is 3.12. The first kappa shape index (κ1) is 21.8. The van der Waals surface area contributed by atoms with Gasteiger partial charge in [-0.05, 0) is 6.42 Å². The van der Waals surface area contributed by atoms with Crippen LogP contribution in [0.1, 0.15) is 90.4 Å². The van der Waals surface area contributed by atoms with Crippen LogP contribution in [0.25, 0.3) is 0 Å². The minimum Gasteiger partial charge on any atom is -0.395 e. The van der Waals surface area contributed by atoms with E-state index in [1.165, 1.54) is 57.8 Å². The summed E-state index contributed by atoms with van der Waals surface area (Å²) in [6.07, 6.45) is 13.9. The van der Waals surface area contributed by atoms with Gasteiger partial charge in [-0.25, -0.2) is 0 Å². The highest BCUT2D eigenvalue weighted by Crippen LogP contribution is 2.14. The van der Waals surface area contributed by atoms with Crippen molar-refractivity contribution in [3.05, 3.63) is 0 Å². The molecule has 0 aromatic rings. The molecule has 3 atom stereocenters. The molecular formula is C18H39NO3. The smallest absolute Gasteiger partial charge is 0.0738 e. The average molecular weight is 318 g/mol. The van der Waals surface area contributed by atoms with Gasteiger partial charge in [0.1, 0.15) is 0 Å². The van der Waals surface area contributed by atoms with Crippen molar-refractivity contribution in [2.24, 2.45) is 5.73 Å².